The van der Waals surface area contributed by atoms with Gasteiger partial charge in [0.1, 0.15) is 17.4 Å². The molecule has 0 bridgehead atoms. The van der Waals surface area contributed by atoms with Gasteiger partial charge in [-0.3, -0.25) is 9.89 Å². The number of aromatic amines is 1. The minimum Gasteiger partial charge on any atom is -0.453 e. The lowest BCUT2D eigenvalue weighted by atomic mass is 10.1. The maximum Gasteiger partial charge on any atom is 0.416 e. The number of nitrogens with two attached hydrogens (primary N) is 1. The van der Waals surface area contributed by atoms with Crippen LogP contribution in [0.1, 0.15) is 15.9 Å². The minimum absolute atomic E-state index is 0.0336. The first-order valence-electron chi connectivity index (χ1n) is 9.11. The third kappa shape index (κ3) is 4.53. The van der Waals surface area contributed by atoms with Gasteiger partial charge in [-0.2, -0.15) is 18.3 Å². The molecule has 33 heavy (non-hydrogen) atoms. The Balaban J connectivity index is 1.78. The fourth-order valence-electron chi connectivity index (χ4n) is 3.06. The molecule has 6 nitrogen and oxygen atoms in total. The van der Waals surface area contributed by atoms with Crippen molar-refractivity contribution in [1.29, 1.82) is 0 Å². The number of hydrogen-bond acceptors (Lipinski definition) is 4. The Morgan fingerprint density at radius 2 is 1.82 bits per heavy atom. The lowest BCUT2D eigenvalue weighted by molar-refractivity contribution is -0.137. The van der Waals surface area contributed by atoms with Crippen LogP contribution in [-0.2, 0) is 6.18 Å². The van der Waals surface area contributed by atoms with Gasteiger partial charge in [0.2, 0.25) is 0 Å². The molecule has 170 valence electrons. The molecular weight excluding hydrogens is 471 g/mol. The van der Waals surface area contributed by atoms with Crippen LogP contribution in [0.3, 0.4) is 0 Å². The molecule has 12 heteroatoms. The van der Waals surface area contributed by atoms with Gasteiger partial charge in [-0.1, -0.05) is 11.6 Å². The highest BCUT2D eigenvalue weighted by atomic mass is 35.5. The Hall–Kier alpha value is -3.86. The van der Waals surface area contributed by atoms with Gasteiger partial charge in [0.05, 0.1) is 27.2 Å². The van der Waals surface area contributed by atoms with Crippen molar-refractivity contribution >= 4 is 39.9 Å². The van der Waals surface area contributed by atoms with Crippen LogP contribution in [0.4, 0.5) is 33.5 Å². The molecule has 4 rings (SSSR count). The van der Waals surface area contributed by atoms with Gasteiger partial charge in [0.15, 0.2) is 11.6 Å². The third-order valence-electron chi connectivity index (χ3n) is 4.55. The average Bonchev–Trinajstić information content (AvgIpc) is 3.12. The lowest BCUT2D eigenvalue weighted by Crippen LogP contribution is -2.15. The van der Waals surface area contributed by atoms with E-state index in [1.807, 2.05) is 0 Å². The third-order valence-corrected chi connectivity index (χ3v) is 4.86. The Morgan fingerprint density at radius 3 is 2.55 bits per heavy atom. The van der Waals surface area contributed by atoms with E-state index in [4.69, 9.17) is 22.1 Å². The first-order chi connectivity index (χ1) is 15.5. The summed E-state index contributed by atoms with van der Waals surface area (Å²) >= 11 is 6.06. The molecule has 0 fully saturated rings. The zero-order chi connectivity index (χ0) is 23.9. The summed E-state index contributed by atoms with van der Waals surface area (Å²) in [6, 6.07) is 7.60. The monoisotopic (exact) mass is 482 g/mol. The molecule has 1 aromatic heterocycles. The first kappa shape index (κ1) is 22.3. The van der Waals surface area contributed by atoms with Crippen molar-refractivity contribution < 1.29 is 31.5 Å². The highest BCUT2D eigenvalue weighted by molar-refractivity contribution is 6.32. The summed E-state index contributed by atoms with van der Waals surface area (Å²) in [7, 11) is 0. The molecule has 0 aliphatic rings. The summed E-state index contributed by atoms with van der Waals surface area (Å²) < 4.78 is 72.2. The smallest absolute Gasteiger partial charge is 0.416 e. The van der Waals surface area contributed by atoms with E-state index >= 15 is 0 Å². The van der Waals surface area contributed by atoms with E-state index in [1.54, 1.807) is 0 Å². The van der Waals surface area contributed by atoms with Crippen LogP contribution in [0.2, 0.25) is 5.02 Å². The van der Waals surface area contributed by atoms with Crippen molar-refractivity contribution in [3.63, 3.8) is 0 Å². The van der Waals surface area contributed by atoms with Gasteiger partial charge >= 0.3 is 6.18 Å². The highest BCUT2D eigenvalue weighted by Crippen LogP contribution is 2.41. The molecule has 1 heterocycles. The molecule has 3 aromatic carbocycles. The maximum atomic E-state index is 13.7. The number of alkyl halides is 3. The van der Waals surface area contributed by atoms with E-state index in [-0.39, 0.29) is 39.5 Å². The number of carbonyl (C=O) groups is 1. The fraction of sp³-hybridized carbons (Fsp3) is 0.0476. The van der Waals surface area contributed by atoms with Gasteiger partial charge in [0.25, 0.3) is 5.91 Å². The molecular formula is C21H12ClF5N4O2. The Kier molecular flexibility index (Phi) is 5.58. The number of fused-ring (bicyclic) bond motifs is 1. The summed E-state index contributed by atoms with van der Waals surface area (Å²) in [5.74, 6) is -3.22. The number of ether oxygens (including phenoxy) is 1. The van der Waals surface area contributed by atoms with Crippen molar-refractivity contribution in [2.24, 2.45) is 0 Å². The van der Waals surface area contributed by atoms with E-state index < -0.39 is 34.8 Å². The van der Waals surface area contributed by atoms with Gasteiger partial charge in [-0.15, -0.1) is 0 Å². The molecule has 0 saturated carbocycles. The maximum absolute atomic E-state index is 13.7. The van der Waals surface area contributed by atoms with Crippen LogP contribution >= 0.6 is 11.6 Å². The van der Waals surface area contributed by atoms with E-state index in [0.717, 1.165) is 12.1 Å². The molecule has 0 unspecified atom stereocenters. The topological polar surface area (TPSA) is 93.0 Å². The van der Waals surface area contributed by atoms with Crippen molar-refractivity contribution in [3.8, 4) is 11.5 Å². The number of aromatic nitrogens is 2. The van der Waals surface area contributed by atoms with Crippen LogP contribution in [0.5, 0.6) is 11.5 Å². The summed E-state index contributed by atoms with van der Waals surface area (Å²) in [4.78, 5) is 12.7. The molecule has 0 aliphatic carbocycles. The molecule has 0 saturated heterocycles. The van der Waals surface area contributed by atoms with E-state index in [1.165, 1.54) is 18.2 Å². The van der Waals surface area contributed by atoms with Crippen molar-refractivity contribution in [2.75, 3.05) is 11.1 Å². The summed E-state index contributed by atoms with van der Waals surface area (Å²) in [6.45, 7) is 0. The van der Waals surface area contributed by atoms with Crippen LogP contribution < -0.4 is 15.8 Å². The van der Waals surface area contributed by atoms with Crippen molar-refractivity contribution in [2.45, 2.75) is 6.18 Å². The van der Waals surface area contributed by atoms with Crippen LogP contribution in [0.25, 0.3) is 10.9 Å². The number of halogens is 6. The number of hydrogen-bond donors (Lipinski definition) is 3. The van der Waals surface area contributed by atoms with E-state index in [9.17, 15) is 26.7 Å². The van der Waals surface area contributed by atoms with Crippen LogP contribution in [0, 0.1) is 11.6 Å². The van der Waals surface area contributed by atoms with Crippen molar-refractivity contribution in [3.05, 3.63) is 76.3 Å². The average molecular weight is 483 g/mol. The molecule has 1 amide bonds. The molecule has 0 spiro atoms. The number of amides is 1. The number of carbonyl (C=O) groups excluding carboxylic acids is 1. The second-order valence-corrected chi connectivity index (χ2v) is 7.24. The second kappa shape index (κ2) is 8.24. The molecule has 0 radical (unpaired) electrons. The number of nitrogen functional groups attached to an aromatic ring is 1. The van der Waals surface area contributed by atoms with E-state index in [2.05, 4.69) is 15.5 Å². The summed E-state index contributed by atoms with van der Waals surface area (Å²) in [6.07, 6.45) is -4.86. The minimum atomic E-state index is -4.86. The van der Waals surface area contributed by atoms with Crippen LogP contribution in [0.15, 0.2) is 48.5 Å². The molecule has 0 atom stereocenters. The predicted molar refractivity (Wildman–Crippen MR) is 111 cm³/mol. The van der Waals surface area contributed by atoms with Gasteiger partial charge in [-0.05, 0) is 42.5 Å². The fourth-order valence-corrected chi connectivity index (χ4v) is 3.21. The Labute approximate surface area is 187 Å². The largest absolute Gasteiger partial charge is 0.453 e. The normalized spacial score (nSPS) is 11.6. The number of H-pyrrole nitrogens is 1. The quantitative estimate of drug-likeness (QED) is 0.305. The zero-order valence-corrected chi connectivity index (χ0v) is 17.0. The number of anilines is 2. The number of nitrogens with zero attached hydrogens (tertiary/aromatic N) is 1. The summed E-state index contributed by atoms with van der Waals surface area (Å²) in [5.41, 5.74) is 4.30. The number of benzene rings is 3. The number of nitrogens with one attached hydrogen (secondary N) is 2. The second-order valence-electron chi connectivity index (χ2n) is 6.83. The predicted octanol–water partition coefficient (Wildman–Crippen LogP) is 6.14. The van der Waals surface area contributed by atoms with Gasteiger partial charge in [0, 0.05) is 11.6 Å². The zero-order valence-electron chi connectivity index (χ0n) is 16.2. The lowest BCUT2D eigenvalue weighted by Gasteiger charge is -2.15. The Morgan fingerprint density at radius 1 is 1.06 bits per heavy atom. The molecule has 0 aliphatic heterocycles. The van der Waals surface area contributed by atoms with E-state index in [0.29, 0.717) is 17.6 Å². The Bertz CT molecular complexity index is 1390. The SMILES string of the molecule is Nc1n[nH]c2ccc(NC(=O)c3cc(F)cc(C(F)(F)F)c3)c(Oc3cc(F)ccc3Cl)c12. The van der Waals surface area contributed by atoms with Gasteiger partial charge in [-0.25, -0.2) is 8.78 Å². The van der Waals surface area contributed by atoms with Crippen molar-refractivity contribution in [1.82, 2.24) is 10.2 Å². The number of rotatable bonds is 4. The highest BCUT2D eigenvalue weighted by Gasteiger charge is 2.32. The molecule has 4 N–H and O–H groups in total. The standard InChI is InChI=1S/C21H12ClF5N4O2/c22-13-2-1-11(23)8-16(13)33-18-15(4-3-14-17(18)19(28)31-30-14)29-20(32)9-5-10(21(25,26)27)7-12(24)6-9/h1-8H,(H,29,32)(H3,28,30,31). The summed E-state index contributed by atoms with van der Waals surface area (Å²) in [5, 5.41) is 9.08. The van der Waals surface area contributed by atoms with Crippen LogP contribution in [-0.4, -0.2) is 16.1 Å². The molecule has 4 aromatic rings. The first-order valence-corrected chi connectivity index (χ1v) is 9.49. The van der Waals surface area contributed by atoms with Gasteiger partial charge < -0.3 is 15.8 Å².